The predicted octanol–water partition coefficient (Wildman–Crippen LogP) is 6.48. The van der Waals surface area contributed by atoms with Gasteiger partial charge in [-0.3, -0.25) is 4.79 Å². The van der Waals surface area contributed by atoms with Crippen LogP contribution in [-0.2, 0) is 26.3 Å². The van der Waals surface area contributed by atoms with E-state index in [-0.39, 0.29) is 23.3 Å². The molecule has 2 aliphatic rings. The Morgan fingerprint density at radius 1 is 1.10 bits per heavy atom. The van der Waals surface area contributed by atoms with Gasteiger partial charge in [0.25, 0.3) is 5.91 Å². The van der Waals surface area contributed by atoms with Gasteiger partial charge in [0.15, 0.2) is 0 Å². The fourth-order valence-corrected chi connectivity index (χ4v) is 7.00. The summed E-state index contributed by atoms with van der Waals surface area (Å²) in [6.45, 7) is 13.7. The molecular formula is C33H45BrN2O5. The Labute approximate surface area is 253 Å². The summed E-state index contributed by atoms with van der Waals surface area (Å²) in [5.74, 6) is -0.862. The topological polar surface area (TPSA) is 88.1 Å². The van der Waals surface area contributed by atoms with Crippen LogP contribution in [0.5, 0.6) is 5.75 Å². The van der Waals surface area contributed by atoms with Gasteiger partial charge < -0.3 is 24.8 Å². The number of halogens is 1. The number of hydrogen-bond donors (Lipinski definition) is 2. The zero-order valence-corrected chi connectivity index (χ0v) is 27.0. The molecule has 0 saturated carbocycles. The first kappa shape index (κ1) is 31.5. The van der Waals surface area contributed by atoms with E-state index in [1.165, 1.54) is 5.56 Å². The largest absolute Gasteiger partial charge is 0.496 e. The van der Waals surface area contributed by atoms with Crippen molar-refractivity contribution in [2.75, 3.05) is 13.7 Å². The van der Waals surface area contributed by atoms with E-state index in [0.29, 0.717) is 19.6 Å². The standard InChI is InChI=1S/C33H45BrN2O5/c1-32(2,3)21-15-16-24(40-7)20(18-21)19-35-27-26(33(4,5)6)29(31(38)39)36(30(37)25-14-10-11-17-41-25)28(27)22-12-8-9-13-23(22)34/h8-9,12-13,15-16,18,25-29,35H,10-11,14,17,19H2,1-7H3,(H,38,39)/t25-,26-,27-,28-,29-/m0/s1. The Bertz CT molecular complexity index is 1240. The van der Waals surface area contributed by atoms with Crippen molar-refractivity contribution in [2.24, 2.45) is 11.3 Å². The zero-order chi connectivity index (χ0) is 30.1. The first-order valence-electron chi connectivity index (χ1n) is 14.6. The molecule has 2 aromatic carbocycles. The van der Waals surface area contributed by atoms with Gasteiger partial charge in [0.1, 0.15) is 17.9 Å². The van der Waals surface area contributed by atoms with Crippen molar-refractivity contribution in [3.8, 4) is 5.75 Å². The van der Waals surface area contributed by atoms with Crippen LogP contribution in [0.4, 0.5) is 0 Å². The molecule has 2 aromatic rings. The molecular weight excluding hydrogens is 584 g/mol. The van der Waals surface area contributed by atoms with E-state index in [1.54, 1.807) is 12.0 Å². The monoisotopic (exact) mass is 628 g/mol. The molecule has 0 aromatic heterocycles. The highest BCUT2D eigenvalue weighted by atomic mass is 79.9. The van der Waals surface area contributed by atoms with Gasteiger partial charge in [-0.2, -0.15) is 0 Å². The fraction of sp³-hybridized carbons (Fsp3) is 0.576. The van der Waals surface area contributed by atoms with E-state index in [2.05, 4.69) is 74.9 Å². The maximum atomic E-state index is 14.2. The lowest BCUT2D eigenvalue weighted by Crippen LogP contribution is -2.51. The minimum Gasteiger partial charge on any atom is -0.496 e. The number of amides is 1. The Kier molecular flexibility index (Phi) is 9.56. The van der Waals surface area contributed by atoms with E-state index < -0.39 is 29.6 Å². The number of methoxy groups -OCH3 is 1. The number of aliphatic carboxylic acids is 1. The first-order valence-corrected chi connectivity index (χ1v) is 15.4. The molecule has 2 fully saturated rings. The maximum Gasteiger partial charge on any atom is 0.326 e. The SMILES string of the molecule is COc1ccc(C(C)(C)C)cc1CN[C@H]1[C@H](C(C)(C)C)[C@@H](C(=O)O)N(C(=O)[C@@H]2CCCCO2)[C@H]1c1ccccc1Br. The molecule has 1 amide bonds. The van der Waals surface area contributed by atoms with Crippen LogP contribution in [0, 0.1) is 11.3 Å². The van der Waals surface area contributed by atoms with Crippen LogP contribution in [0.25, 0.3) is 0 Å². The summed E-state index contributed by atoms with van der Waals surface area (Å²) in [4.78, 5) is 29.0. The van der Waals surface area contributed by atoms with Crippen molar-refractivity contribution in [2.45, 2.75) is 97.0 Å². The second-order valence-corrected chi connectivity index (χ2v) is 14.3. The van der Waals surface area contributed by atoms with Crippen molar-refractivity contribution >= 4 is 27.8 Å². The van der Waals surface area contributed by atoms with Gasteiger partial charge in [-0.05, 0) is 53.4 Å². The van der Waals surface area contributed by atoms with Crippen molar-refractivity contribution in [1.82, 2.24) is 10.2 Å². The third-order valence-corrected chi connectivity index (χ3v) is 9.25. The number of hydrogen-bond acceptors (Lipinski definition) is 5. The van der Waals surface area contributed by atoms with E-state index in [0.717, 1.165) is 34.2 Å². The fourth-order valence-electron chi connectivity index (χ4n) is 6.48. The molecule has 224 valence electrons. The van der Waals surface area contributed by atoms with E-state index in [1.807, 2.05) is 30.3 Å². The van der Waals surface area contributed by atoms with Crippen molar-refractivity contribution in [3.05, 3.63) is 63.6 Å². The van der Waals surface area contributed by atoms with Crippen molar-refractivity contribution in [3.63, 3.8) is 0 Å². The Hall–Kier alpha value is -2.42. The molecule has 0 radical (unpaired) electrons. The average molecular weight is 630 g/mol. The molecule has 4 rings (SSSR count). The molecule has 0 unspecified atom stereocenters. The lowest BCUT2D eigenvalue weighted by Gasteiger charge is -2.36. The first-order chi connectivity index (χ1) is 19.3. The van der Waals surface area contributed by atoms with Crippen molar-refractivity contribution < 1.29 is 24.2 Å². The number of likely N-dealkylation sites (tertiary alicyclic amines) is 1. The minimum absolute atomic E-state index is 0.0443. The number of rotatable bonds is 7. The molecule has 7 nitrogen and oxygen atoms in total. The minimum atomic E-state index is -1.02. The van der Waals surface area contributed by atoms with Crippen LogP contribution < -0.4 is 10.1 Å². The quantitative estimate of drug-likeness (QED) is 0.365. The predicted molar refractivity (Wildman–Crippen MR) is 164 cm³/mol. The summed E-state index contributed by atoms with van der Waals surface area (Å²) in [6.07, 6.45) is 1.75. The summed E-state index contributed by atoms with van der Waals surface area (Å²) in [5.41, 5.74) is 2.58. The lowest BCUT2D eigenvalue weighted by molar-refractivity contribution is -0.159. The van der Waals surface area contributed by atoms with E-state index in [4.69, 9.17) is 9.47 Å². The molecule has 0 spiro atoms. The van der Waals surface area contributed by atoms with Gasteiger partial charge in [-0.15, -0.1) is 0 Å². The van der Waals surface area contributed by atoms with Crippen LogP contribution in [0.2, 0.25) is 0 Å². The van der Waals surface area contributed by atoms with E-state index in [9.17, 15) is 14.7 Å². The second-order valence-electron chi connectivity index (χ2n) is 13.4. The molecule has 5 atom stereocenters. The summed E-state index contributed by atoms with van der Waals surface area (Å²) >= 11 is 3.72. The third kappa shape index (κ3) is 6.65. The van der Waals surface area contributed by atoms with Crippen LogP contribution in [-0.4, -0.2) is 53.8 Å². The lowest BCUT2D eigenvalue weighted by atomic mass is 9.72. The van der Waals surface area contributed by atoms with Gasteiger partial charge in [0, 0.05) is 35.1 Å². The number of nitrogens with one attached hydrogen (secondary N) is 1. The number of nitrogens with zero attached hydrogens (tertiary/aromatic N) is 1. The molecule has 0 aliphatic carbocycles. The highest BCUT2D eigenvalue weighted by Crippen LogP contribution is 2.50. The molecule has 2 aliphatic heterocycles. The van der Waals surface area contributed by atoms with Gasteiger partial charge in [-0.1, -0.05) is 87.8 Å². The molecule has 0 bridgehead atoms. The number of carbonyl (C=O) groups excluding carboxylic acids is 1. The number of benzene rings is 2. The molecule has 8 heteroatoms. The van der Waals surface area contributed by atoms with Gasteiger partial charge in [0.2, 0.25) is 0 Å². The normalized spacial score (nSPS) is 25.3. The summed E-state index contributed by atoms with van der Waals surface area (Å²) in [7, 11) is 1.66. The Balaban J connectivity index is 1.84. The molecule has 2 heterocycles. The van der Waals surface area contributed by atoms with Crippen molar-refractivity contribution in [1.29, 1.82) is 0 Å². The Morgan fingerprint density at radius 3 is 2.37 bits per heavy atom. The third-order valence-electron chi connectivity index (χ3n) is 8.53. The second kappa shape index (κ2) is 12.4. The highest BCUT2D eigenvalue weighted by molar-refractivity contribution is 9.10. The van der Waals surface area contributed by atoms with Crippen LogP contribution in [0.3, 0.4) is 0 Å². The van der Waals surface area contributed by atoms with Crippen LogP contribution >= 0.6 is 15.9 Å². The summed E-state index contributed by atoms with van der Waals surface area (Å²) in [6, 6.07) is 12.1. The average Bonchev–Trinajstić information content (AvgIpc) is 3.27. The summed E-state index contributed by atoms with van der Waals surface area (Å²) < 4.78 is 12.5. The number of carboxylic acid groups (broad SMARTS) is 1. The van der Waals surface area contributed by atoms with Gasteiger partial charge in [0.05, 0.1) is 13.2 Å². The maximum absolute atomic E-state index is 14.2. The molecule has 41 heavy (non-hydrogen) atoms. The zero-order valence-electron chi connectivity index (χ0n) is 25.4. The smallest absolute Gasteiger partial charge is 0.326 e. The highest BCUT2D eigenvalue weighted by Gasteiger charge is 2.59. The molecule has 2 saturated heterocycles. The number of ether oxygens (including phenoxy) is 2. The summed E-state index contributed by atoms with van der Waals surface area (Å²) in [5, 5.41) is 14.5. The molecule has 2 N–H and O–H groups in total. The Morgan fingerprint density at radius 2 is 1.80 bits per heavy atom. The van der Waals surface area contributed by atoms with Crippen LogP contribution in [0.15, 0.2) is 46.9 Å². The van der Waals surface area contributed by atoms with E-state index >= 15 is 0 Å². The van der Waals surface area contributed by atoms with Crippen LogP contribution in [0.1, 0.15) is 83.5 Å². The number of carbonyl (C=O) groups is 2. The van der Waals surface area contributed by atoms with Gasteiger partial charge >= 0.3 is 5.97 Å². The number of carboxylic acids is 1. The van der Waals surface area contributed by atoms with Gasteiger partial charge in [-0.25, -0.2) is 4.79 Å².